The fraction of sp³-hybridized carbons (Fsp3) is 0.500. The Kier molecular flexibility index (Phi) is 4.33. The average molecular weight is 248 g/mol. The number of carbonyl (C=O) groups excluding carboxylic acids is 1. The molecule has 2 atom stereocenters. The number of hydrogen-bond acceptors (Lipinski definition) is 4. The van der Waals surface area contributed by atoms with Crippen molar-refractivity contribution in [3.8, 4) is 0 Å². The average Bonchev–Trinajstić information content (AvgIpc) is 2.36. The van der Waals surface area contributed by atoms with Gasteiger partial charge in [-0.05, 0) is 24.8 Å². The zero-order valence-corrected chi connectivity index (χ0v) is 10.4. The molecule has 4 N–H and O–H groups in total. The second kappa shape index (κ2) is 5.98. The van der Waals surface area contributed by atoms with Gasteiger partial charge in [0.05, 0.1) is 5.92 Å². The van der Waals surface area contributed by atoms with E-state index in [1.54, 1.807) is 0 Å². The van der Waals surface area contributed by atoms with Crippen molar-refractivity contribution in [1.82, 2.24) is 0 Å². The summed E-state index contributed by atoms with van der Waals surface area (Å²) in [6, 6.07) is 9.69. The van der Waals surface area contributed by atoms with E-state index in [-0.39, 0.29) is 24.0 Å². The third-order valence-corrected chi connectivity index (χ3v) is 3.34. The molecule has 1 aliphatic carbocycles. The molecule has 18 heavy (non-hydrogen) atoms. The zero-order chi connectivity index (χ0) is 13.0. The van der Waals surface area contributed by atoms with E-state index < -0.39 is 0 Å². The molecule has 1 aliphatic rings. The highest BCUT2D eigenvalue weighted by Gasteiger charge is 2.30. The molecule has 98 valence electrons. The number of benzene rings is 1. The highest BCUT2D eigenvalue weighted by atomic mass is 16.5. The minimum Gasteiger partial charge on any atom is -0.461 e. The summed E-state index contributed by atoms with van der Waals surface area (Å²) in [5.74, 6) is -0.322. The predicted molar refractivity (Wildman–Crippen MR) is 69.5 cm³/mol. The summed E-state index contributed by atoms with van der Waals surface area (Å²) in [6.45, 7) is 0.320. The van der Waals surface area contributed by atoms with Crippen molar-refractivity contribution in [2.24, 2.45) is 17.4 Å². The summed E-state index contributed by atoms with van der Waals surface area (Å²) in [7, 11) is 0. The van der Waals surface area contributed by atoms with Gasteiger partial charge in [0.2, 0.25) is 0 Å². The predicted octanol–water partition coefficient (Wildman–Crippen LogP) is 1.18. The number of ether oxygens (including phenoxy) is 1. The van der Waals surface area contributed by atoms with Crippen LogP contribution in [0.1, 0.15) is 24.8 Å². The van der Waals surface area contributed by atoms with Gasteiger partial charge < -0.3 is 16.2 Å². The Morgan fingerprint density at radius 2 is 1.72 bits per heavy atom. The Morgan fingerprint density at radius 3 is 2.33 bits per heavy atom. The van der Waals surface area contributed by atoms with Crippen LogP contribution in [0.2, 0.25) is 0 Å². The van der Waals surface area contributed by atoms with Gasteiger partial charge in [0.15, 0.2) is 0 Å². The van der Waals surface area contributed by atoms with Gasteiger partial charge in [0.1, 0.15) is 6.61 Å². The summed E-state index contributed by atoms with van der Waals surface area (Å²) in [5, 5.41) is 0. The second-order valence-corrected chi connectivity index (χ2v) is 5.02. The molecule has 0 heterocycles. The Morgan fingerprint density at radius 1 is 1.11 bits per heavy atom. The first-order chi connectivity index (χ1) is 8.65. The van der Waals surface area contributed by atoms with Gasteiger partial charge in [-0.2, -0.15) is 0 Å². The van der Waals surface area contributed by atoms with Crippen LogP contribution in [0.15, 0.2) is 30.3 Å². The van der Waals surface area contributed by atoms with E-state index >= 15 is 0 Å². The highest BCUT2D eigenvalue weighted by Crippen LogP contribution is 2.24. The molecule has 4 nitrogen and oxygen atoms in total. The van der Waals surface area contributed by atoms with E-state index in [1.165, 1.54) is 0 Å². The molecule has 1 aromatic carbocycles. The van der Waals surface area contributed by atoms with Gasteiger partial charge in [-0.15, -0.1) is 0 Å². The van der Waals surface area contributed by atoms with Crippen molar-refractivity contribution in [3.05, 3.63) is 35.9 Å². The smallest absolute Gasteiger partial charge is 0.309 e. The largest absolute Gasteiger partial charge is 0.461 e. The van der Waals surface area contributed by atoms with Crippen LogP contribution < -0.4 is 11.5 Å². The third kappa shape index (κ3) is 3.55. The lowest BCUT2D eigenvalue weighted by molar-refractivity contribution is -0.151. The maximum absolute atomic E-state index is 11.9. The van der Waals surface area contributed by atoms with E-state index in [4.69, 9.17) is 16.2 Å². The van der Waals surface area contributed by atoms with Crippen molar-refractivity contribution in [2.75, 3.05) is 0 Å². The molecule has 0 aliphatic heterocycles. The van der Waals surface area contributed by atoms with Gasteiger partial charge in [-0.25, -0.2) is 0 Å². The number of hydrogen-bond donors (Lipinski definition) is 2. The molecule has 1 saturated carbocycles. The summed E-state index contributed by atoms with van der Waals surface area (Å²) >= 11 is 0. The lowest BCUT2D eigenvalue weighted by Gasteiger charge is -2.29. The van der Waals surface area contributed by atoms with Gasteiger partial charge >= 0.3 is 5.97 Å². The fourth-order valence-electron chi connectivity index (χ4n) is 2.45. The quantitative estimate of drug-likeness (QED) is 0.787. The van der Waals surface area contributed by atoms with Gasteiger partial charge in [0.25, 0.3) is 0 Å². The van der Waals surface area contributed by atoms with Crippen LogP contribution in [-0.2, 0) is 16.1 Å². The van der Waals surface area contributed by atoms with Gasteiger partial charge in [-0.1, -0.05) is 30.3 Å². The van der Waals surface area contributed by atoms with Crippen LogP contribution in [0.3, 0.4) is 0 Å². The number of carbonyl (C=O) groups is 1. The molecule has 1 fully saturated rings. The lowest BCUT2D eigenvalue weighted by atomic mass is 9.83. The zero-order valence-electron chi connectivity index (χ0n) is 10.4. The Labute approximate surface area is 107 Å². The molecule has 0 aromatic heterocycles. The number of rotatable bonds is 3. The number of esters is 1. The van der Waals surface area contributed by atoms with E-state index in [0.717, 1.165) is 12.0 Å². The minimum absolute atomic E-state index is 0.0167. The monoisotopic (exact) mass is 248 g/mol. The molecule has 0 spiro atoms. The fourth-order valence-corrected chi connectivity index (χ4v) is 2.45. The third-order valence-electron chi connectivity index (χ3n) is 3.34. The van der Waals surface area contributed by atoms with Crippen molar-refractivity contribution in [3.63, 3.8) is 0 Å². The molecular weight excluding hydrogens is 228 g/mol. The van der Waals surface area contributed by atoms with Crippen molar-refractivity contribution in [1.29, 1.82) is 0 Å². The summed E-state index contributed by atoms with van der Waals surface area (Å²) in [5.41, 5.74) is 12.7. The van der Waals surface area contributed by atoms with Crippen LogP contribution >= 0.6 is 0 Å². The molecule has 4 heteroatoms. The summed E-state index contributed by atoms with van der Waals surface area (Å²) in [4.78, 5) is 11.9. The minimum atomic E-state index is -0.176. The maximum Gasteiger partial charge on any atom is 0.309 e. The molecule has 0 amide bonds. The normalized spacial score (nSPS) is 27.8. The summed E-state index contributed by atoms with van der Waals surface area (Å²) < 4.78 is 5.31. The SMILES string of the molecule is NC1CC(N)CC(C(=O)OCc2ccccc2)C1. The van der Waals surface area contributed by atoms with Crippen molar-refractivity contribution >= 4 is 5.97 Å². The van der Waals surface area contributed by atoms with E-state index in [0.29, 0.717) is 19.4 Å². The van der Waals surface area contributed by atoms with Crippen molar-refractivity contribution in [2.45, 2.75) is 38.0 Å². The van der Waals surface area contributed by atoms with Crippen LogP contribution in [0.4, 0.5) is 0 Å². The van der Waals surface area contributed by atoms with Gasteiger partial charge in [0, 0.05) is 12.1 Å². The van der Waals surface area contributed by atoms with E-state index in [1.807, 2.05) is 30.3 Å². The van der Waals surface area contributed by atoms with Crippen LogP contribution in [-0.4, -0.2) is 18.1 Å². The molecule has 0 radical (unpaired) electrons. The first-order valence-corrected chi connectivity index (χ1v) is 6.37. The topological polar surface area (TPSA) is 78.3 Å². The first-order valence-electron chi connectivity index (χ1n) is 6.37. The molecule has 0 bridgehead atoms. The molecule has 1 aromatic rings. The standard InChI is InChI=1S/C14H20N2O2/c15-12-6-11(7-13(16)8-12)14(17)18-9-10-4-2-1-3-5-10/h1-5,11-13H,6-9,15-16H2. The van der Waals surface area contributed by atoms with Crippen LogP contribution in [0.25, 0.3) is 0 Å². The first kappa shape index (κ1) is 13.1. The molecule has 0 saturated heterocycles. The molecular formula is C14H20N2O2. The number of nitrogens with two attached hydrogens (primary N) is 2. The van der Waals surface area contributed by atoms with Crippen molar-refractivity contribution < 1.29 is 9.53 Å². The second-order valence-electron chi connectivity index (χ2n) is 5.02. The highest BCUT2D eigenvalue weighted by molar-refractivity contribution is 5.72. The van der Waals surface area contributed by atoms with Crippen LogP contribution in [0, 0.1) is 5.92 Å². The summed E-state index contributed by atoms with van der Waals surface area (Å²) in [6.07, 6.45) is 2.16. The van der Waals surface area contributed by atoms with E-state index in [2.05, 4.69) is 0 Å². The Bertz CT molecular complexity index is 384. The van der Waals surface area contributed by atoms with E-state index in [9.17, 15) is 4.79 Å². The Balaban J connectivity index is 1.84. The van der Waals surface area contributed by atoms with Crippen LogP contribution in [0.5, 0.6) is 0 Å². The molecule has 2 unspecified atom stereocenters. The maximum atomic E-state index is 11.9. The van der Waals surface area contributed by atoms with Gasteiger partial charge in [-0.3, -0.25) is 4.79 Å². The molecule has 2 rings (SSSR count). The Hall–Kier alpha value is -1.39. The lowest BCUT2D eigenvalue weighted by Crippen LogP contribution is -2.42.